The van der Waals surface area contributed by atoms with Crippen molar-refractivity contribution in [1.29, 1.82) is 0 Å². The first-order valence-corrected chi connectivity index (χ1v) is 7.60. The maximum atomic E-state index is 12.8. The minimum absolute atomic E-state index is 0.127. The van der Waals surface area contributed by atoms with Gasteiger partial charge in [0.1, 0.15) is 0 Å². The monoisotopic (exact) mass is 280 g/mol. The van der Waals surface area contributed by atoms with Crippen molar-refractivity contribution in [1.82, 2.24) is 9.88 Å². The molecule has 108 valence electrons. The lowest BCUT2D eigenvalue weighted by Gasteiger charge is -2.37. The molecule has 0 aliphatic carbocycles. The molecule has 2 heterocycles. The van der Waals surface area contributed by atoms with Crippen LogP contribution in [0.3, 0.4) is 0 Å². The Kier molecular flexibility index (Phi) is 4.00. The molecule has 0 N–H and O–H groups in total. The van der Waals surface area contributed by atoms with Crippen LogP contribution in [0.5, 0.6) is 0 Å². The summed E-state index contributed by atoms with van der Waals surface area (Å²) in [6.07, 6.45) is 6.62. The molecule has 21 heavy (non-hydrogen) atoms. The van der Waals surface area contributed by atoms with Crippen LogP contribution in [0.15, 0.2) is 48.8 Å². The van der Waals surface area contributed by atoms with E-state index in [1.807, 2.05) is 35.2 Å². The average molecular weight is 280 g/mol. The molecule has 3 nitrogen and oxygen atoms in total. The maximum Gasteiger partial charge on any atom is 0.254 e. The number of aromatic nitrogens is 1. The molecule has 1 aliphatic heterocycles. The van der Waals surface area contributed by atoms with Gasteiger partial charge < -0.3 is 4.90 Å². The minimum Gasteiger partial charge on any atom is -0.331 e. The number of rotatable bonds is 4. The predicted molar refractivity (Wildman–Crippen MR) is 83.1 cm³/mol. The number of nitrogens with zero attached hydrogens (tertiary/aromatic N) is 2. The molecule has 1 aromatic carbocycles. The lowest BCUT2D eigenvalue weighted by molar-refractivity contribution is 0.0644. The summed E-state index contributed by atoms with van der Waals surface area (Å²) >= 11 is 0. The van der Waals surface area contributed by atoms with Crippen molar-refractivity contribution >= 4 is 5.91 Å². The van der Waals surface area contributed by atoms with Crippen LogP contribution >= 0.6 is 0 Å². The molecule has 1 aliphatic rings. The van der Waals surface area contributed by atoms with Crippen molar-refractivity contribution in [2.75, 3.05) is 6.54 Å². The van der Waals surface area contributed by atoms with Crippen LogP contribution < -0.4 is 0 Å². The third-order valence-corrected chi connectivity index (χ3v) is 4.14. The van der Waals surface area contributed by atoms with Gasteiger partial charge >= 0.3 is 0 Å². The van der Waals surface area contributed by atoms with E-state index in [0.29, 0.717) is 0 Å². The summed E-state index contributed by atoms with van der Waals surface area (Å²) < 4.78 is 0. The van der Waals surface area contributed by atoms with Crippen molar-refractivity contribution in [2.24, 2.45) is 0 Å². The zero-order valence-corrected chi connectivity index (χ0v) is 12.3. The topological polar surface area (TPSA) is 33.2 Å². The van der Waals surface area contributed by atoms with Crippen LogP contribution in [-0.2, 0) is 6.42 Å². The van der Waals surface area contributed by atoms with Gasteiger partial charge in [0.2, 0.25) is 0 Å². The van der Waals surface area contributed by atoms with E-state index in [2.05, 4.69) is 18.0 Å². The molecule has 0 radical (unpaired) electrons. The molecule has 1 aromatic heterocycles. The summed E-state index contributed by atoms with van der Waals surface area (Å²) in [5, 5.41) is 0. The Morgan fingerprint density at radius 1 is 1.19 bits per heavy atom. The van der Waals surface area contributed by atoms with Gasteiger partial charge in [-0.05, 0) is 42.2 Å². The summed E-state index contributed by atoms with van der Waals surface area (Å²) in [6.45, 7) is 2.97. The summed E-state index contributed by atoms with van der Waals surface area (Å²) in [5.74, 6) is 0.159. The highest BCUT2D eigenvalue weighted by atomic mass is 16.2. The number of carbonyl (C=O) groups is 1. The number of carbonyl (C=O) groups excluding carboxylic acids is 1. The maximum absolute atomic E-state index is 12.8. The first kappa shape index (κ1) is 13.8. The fourth-order valence-electron chi connectivity index (χ4n) is 2.99. The Bertz CT molecular complexity index is 624. The number of hydrogen-bond donors (Lipinski definition) is 0. The largest absolute Gasteiger partial charge is 0.331 e. The molecule has 3 rings (SSSR count). The van der Waals surface area contributed by atoms with Crippen LogP contribution in [0.25, 0.3) is 0 Å². The van der Waals surface area contributed by atoms with E-state index in [1.165, 1.54) is 5.56 Å². The zero-order chi connectivity index (χ0) is 14.7. The highest BCUT2D eigenvalue weighted by Gasteiger charge is 2.32. The van der Waals surface area contributed by atoms with Crippen molar-refractivity contribution < 1.29 is 4.79 Å². The number of pyridine rings is 1. The first-order valence-electron chi connectivity index (χ1n) is 7.60. The van der Waals surface area contributed by atoms with E-state index in [4.69, 9.17) is 0 Å². The fraction of sp³-hybridized carbons (Fsp3) is 0.333. The highest BCUT2D eigenvalue weighted by Crippen LogP contribution is 2.33. The lowest BCUT2D eigenvalue weighted by atomic mass is 9.89. The standard InChI is InChI=1S/C18H20N2O/c1-2-3-12-20-17(14-8-10-19-11-9-14)13-15-6-4-5-7-16(15)18(20)21/h4-11,17H,2-3,12-13H2,1H3. The van der Waals surface area contributed by atoms with Gasteiger partial charge in [-0.25, -0.2) is 0 Å². The van der Waals surface area contributed by atoms with E-state index in [1.54, 1.807) is 12.4 Å². The normalized spacial score (nSPS) is 17.7. The van der Waals surface area contributed by atoms with Crippen LogP contribution in [0.2, 0.25) is 0 Å². The number of hydrogen-bond acceptors (Lipinski definition) is 2. The Hall–Kier alpha value is -2.16. The quantitative estimate of drug-likeness (QED) is 0.857. The molecule has 1 unspecified atom stereocenters. The number of amides is 1. The SMILES string of the molecule is CCCCN1C(=O)c2ccccc2CC1c1ccncc1. The van der Waals surface area contributed by atoms with Crippen LogP contribution in [0, 0.1) is 0 Å². The zero-order valence-electron chi connectivity index (χ0n) is 12.3. The average Bonchev–Trinajstić information content (AvgIpc) is 2.55. The smallest absolute Gasteiger partial charge is 0.254 e. The van der Waals surface area contributed by atoms with Gasteiger partial charge in [0.25, 0.3) is 5.91 Å². The highest BCUT2D eigenvalue weighted by molar-refractivity contribution is 5.97. The molecule has 1 amide bonds. The second-order valence-corrected chi connectivity index (χ2v) is 5.51. The van der Waals surface area contributed by atoms with Crippen molar-refractivity contribution in [3.63, 3.8) is 0 Å². The molecule has 0 bridgehead atoms. The van der Waals surface area contributed by atoms with Gasteiger partial charge in [-0.15, -0.1) is 0 Å². The minimum atomic E-state index is 0.127. The van der Waals surface area contributed by atoms with Crippen molar-refractivity contribution in [3.8, 4) is 0 Å². The molecule has 3 heteroatoms. The second-order valence-electron chi connectivity index (χ2n) is 5.51. The molecule has 0 spiro atoms. The number of fused-ring (bicyclic) bond motifs is 1. The Labute approximate surface area is 125 Å². The predicted octanol–water partition coefficient (Wildman–Crippen LogP) is 3.62. The molecular formula is C18H20N2O. The molecule has 2 aromatic rings. The van der Waals surface area contributed by atoms with Crippen LogP contribution in [0.4, 0.5) is 0 Å². The molecule has 0 saturated heterocycles. The van der Waals surface area contributed by atoms with Gasteiger partial charge in [-0.3, -0.25) is 9.78 Å². The van der Waals surface area contributed by atoms with E-state index in [9.17, 15) is 4.79 Å². The van der Waals surface area contributed by atoms with Crippen molar-refractivity contribution in [3.05, 3.63) is 65.5 Å². The lowest BCUT2D eigenvalue weighted by Crippen LogP contribution is -2.40. The summed E-state index contributed by atoms with van der Waals surface area (Å²) in [5.41, 5.74) is 3.18. The van der Waals surface area contributed by atoms with Crippen molar-refractivity contribution in [2.45, 2.75) is 32.2 Å². The second kappa shape index (κ2) is 6.08. The molecule has 1 atom stereocenters. The van der Waals surface area contributed by atoms with Crippen LogP contribution in [-0.4, -0.2) is 22.3 Å². The van der Waals surface area contributed by atoms with Gasteiger partial charge in [0.05, 0.1) is 6.04 Å². The van der Waals surface area contributed by atoms with E-state index in [-0.39, 0.29) is 11.9 Å². The summed E-state index contributed by atoms with van der Waals surface area (Å²) in [7, 11) is 0. The van der Waals surface area contributed by atoms with E-state index >= 15 is 0 Å². The molecule has 0 fully saturated rings. The first-order chi connectivity index (χ1) is 10.3. The number of unbranched alkanes of at least 4 members (excludes halogenated alkanes) is 1. The van der Waals surface area contributed by atoms with E-state index < -0.39 is 0 Å². The van der Waals surface area contributed by atoms with Gasteiger partial charge in [-0.2, -0.15) is 0 Å². The third-order valence-electron chi connectivity index (χ3n) is 4.14. The third kappa shape index (κ3) is 2.68. The molecule has 0 saturated carbocycles. The van der Waals surface area contributed by atoms with Gasteiger partial charge in [-0.1, -0.05) is 31.5 Å². The van der Waals surface area contributed by atoms with Gasteiger partial charge in [0, 0.05) is 24.5 Å². The Balaban J connectivity index is 1.99. The summed E-state index contributed by atoms with van der Waals surface area (Å²) in [4.78, 5) is 18.9. The number of benzene rings is 1. The Morgan fingerprint density at radius 3 is 2.71 bits per heavy atom. The molecular weight excluding hydrogens is 260 g/mol. The Morgan fingerprint density at radius 2 is 1.95 bits per heavy atom. The fourth-order valence-corrected chi connectivity index (χ4v) is 2.99. The summed E-state index contributed by atoms with van der Waals surface area (Å²) in [6, 6.07) is 12.1. The van der Waals surface area contributed by atoms with Crippen LogP contribution in [0.1, 0.15) is 47.3 Å². The van der Waals surface area contributed by atoms with Gasteiger partial charge in [0.15, 0.2) is 0 Å². The van der Waals surface area contributed by atoms with E-state index in [0.717, 1.165) is 36.9 Å².